The van der Waals surface area contributed by atoms with Gasteiger partial charge in [-0.3, -0.25) is 4.79 Å². The first kappa shape index (κ1) is 14.3. The van der Waals surface area contributed by atoms with Gasteiger partial charge in [-0.1, -0.05) is 32.0 Å². The van der Waals surface area contributed by atoms with Gasteiger partial charge in [0.05, 0.1) is 0 Å². The number of rotatable bonds is 6. The molecule has 0 aliphatic carbocycles. The molecule has 0 amide bonds. The average Bonchev–Trinajstić information content (AvgIpc) is 2.46. The maximum absolute atomic E-state index is 12.0. The smallest absolute Gasteiger partial charge is 0.162 e. The number of Topliss-reactive ketones (excluding diaryl/α,β-unsaturated/α-hetero) is 1. The Morgan fingerprint density at radius 3 is 2.15 bits per heavy atom. The van der Waals surface area contributed by atoms with Gasteiger partial charge in [-0.05, 0) is 48.7 Å². The van der Waals surface area contributed by atoms with Crippen LogP contribution in [0.2, 0.25) is 0 Å². The zero-order valence-electron chi connectivity index (χ0n) is 12.0. The Labute approximate surface area is 120 Å². The SMILES string of the molecule is CC(C)CCC(=O)c1ccc(Oc2ccccc2)cc1. The fraction of sp³-hybridized carbons (Fsp3) is 0.278. The number of ether oxygens (including phenoxy) is 1. The van der Waals surface area contributed by atoms with E-state index in [0.717, 1.165) is 23.5 Å². The van der Waals surface area contributed by atoms with Crippen LogP contribution in [0.4, 0.5) is 0 Å². The fourth-order valence-corrected chi connectivity index (χ4v) is 1.90. The Hall–Kier alpha value is -2.09. The third-order valence-corrected chi connectivity index (χ3v) is 3.10. The molecule has 2 aromatic carbocycles. The molecule has 0 heterocycles. The molecule has 0 atom stereocenters. The minimum atomic E-state index is 0.199. The summed E-state index contributed by atoms with van der Waals surface area (Å²) in [5.41, 5.74) is 0.756. The van der Waals surface area contributed by atoms with E-state index in [1.54, 1.807) is 0 Å². The van der Waals surface area contributed by atoms with Gasteiger partial charge < -0.3 is 4.74 Å². The molecule has 0 bridgehead atoms. The van der Waals surface area contributed by atoms with Crippen LogP contribution in [0.15, 0.2) is 54.6 Å². The average molecular weight is 268 g/mol. The zero-order valence-corrected chi connectivity index (χ0v) is 12.0. The van der Waals surface area contributed by atoms with Gasteiger partial charge in [0.2, 0.25) is 0 Å². The second-order valence-electron chi connectivity index (χ2n) is 5.30. The van der Waals surface area contributed by atoms with Crippen LogP contribution in [-0.2, 0) is 0 Å². The lowest BCUT2D eigenvalue weighted by molar-refractivity contribution is 0.0975. The summed E-state index contributed by atoms with van der Waals surface area (Å²) in [5.74, 6) is 2.30. The number of benzene rings is 2. The van der Waals surface area contributed by atoms with Crippen LogP contribution in [0.5, 0.6) is 11.5 Å². The van der Waals surface area contributed by atoms with Gasteiger partial charge in [0.15, 0.2) is 5.78 Å². The molecular formula is C18H20O2. The van der Waals surface area contributed by atoms with Crippen LogP contribution in [-0.4, -0.2) is 5.78 Å². The Bertz CT molecular complexity index is 541. The standard InChI is InChI=1S/C18H20O2/c1-14(2)8-13-18(19)15-9-11-17(12-10-15)20-16-6-4-3-5-7-16/h3-7,9-12,14H,8,13H2,1-2H3. The number of hydrogen-bond acceptors (Lipinski definition) is 2. The molecule has 2 aromatic rings. The van der Waals surface area contributed by atoms with E-state index in [9.17, 15) is 4.79 Å². The van der Waals surface area contributed by atoms with Crippen molar-refractivity contribution in [1.29, 1.82) is 0 Å². The molecule has 2 rings (SSSR count). The van der Waals surface area contributed by atoms with Crippen molar-refractivity contribution in [2.75, 3.05) is 0 Å². The highest BCUT2D eigenvalue weighted by atomic mass is 16.5. The molecule has 2 nitrogen and oxygen atoms in total. The third-order valence-electron chi connectivity index (χ3n) is 3.10. The first-order valence-corrected chi connectivity index (χ1v) is 7.01. The molecule has 104 valence electrons. The maximum Gasteiger partial charge on any atom is 0.162 e. The van der Waals surface area contributed by atoms with Crippen LogP contribution in [0, 0.1) is 5.92 Å². The molecule has 0 saturated carbocycles. The largest absolute Gasteiger partial charge is 0.457 e. The second-order valence-corrected chi connectivity index (χ2v) is 5.30. The van der Waals surface area contributed by atoms with Gasteiger partial charge in [-0.15, -0.1) is 0 Å². The van der Waals surface area contributed by atoms with E-state index in [4.69, 9.17) is 4.74 Å². The number of carbonyl (C=O) groups is 1. The van der Waals surface area contributed by atoms with Crippen molar-refractivity contribution in [2.24, 2.45) is 5.92 Å². The molecule has 0 unspecified atom stereocenters. The van der Waals surface area contributed by atoms with Crippen LogP contribution in [0.1, 0.15) is 37.0 Å². The number of ketones is 1. The molecule has 0 aliphatic heterocycles. The molecule has 0 aromatic heterocycles. The predicted octanol–water partition coefficient (Wildman–Crippen LogP) is 5.10. The summed E-state index contributed by atoms with van der Waals surface area (Å²) in [6, 6.07) is 17.0. The van der Waals surface area contributed by atoms with Crippen LogP contribution >= 0.6 is 0 Å². The van der Waals surface area contributed by atoms with Crippen LogP contribution in [0.25, 0.3) is 0 Å². The summed E-state index contributed by atoms with van der Waals surface area (Å²) in [6.45, 7) is 4.26. The highest BCUT2D eigenvalue weighted by Crippen LogP contribution is 2.21. The molecule has 0 radical (unpaired) electrons. The Kier molecular flexibility index (Phi) is 4.94. The van der Waals surface area contributed by atoms with Crippen molar-refractivity contribution >= 4 is 5.78 Å². The van der Waals surface area contributed by atoms with Gasteiger partial charge in [0.25, 0.3) is 0 Å². The number of para-hydroxylation sites is 1. The van der Waals surface area contributed by atoms with Gasteiger partial charge in [-0.2, -0.15) is 0 Å². The predicted molar refractivity (Wildman–Crippen MR) is 81.4 cm³/mol. The Morgan fingerprint density at radius 1 is 0.950 bits per heavy atom. The lowest BCUT2D eigenvalue weighted by atomic mass is 10.0. The van der Waals surface area contributed by atoms with E-state index in [1.807, 2.05) is 54.6 Å². The third kappa shape index (κ3) is 4.23. The summed E-state index contributed by atoms with van der Waals surface area (Å²) in [7, 11) is 0. The first-order valence-electron chi connectivity index (χ1n) is 7.01. The van der Waals surface area contributed by atoms with E-state index >= 15 is 0 Å². The normalized spacial score (nSPS) is 10.6. The van der Waals surface area contributed by atoms with Crippen molar-refractivity contribution in [3.05, 3.63) is 60.2 Å². The summed E-state index contributed by atoms with van der Waals surface area (Å²) in [4.78, 5) is 12.0. The highest BCUT2D eigenvalue weighted by molar-refractivity contribution is 5.96. The first-order chi connectivity index (χ1) is 9.65. The molecule has 2 heteroatoms. The summed E-state index contributed by atoms with van der Waals surface area (Å²) in [6.07, 6.45) is 1.54. The van der Waals surface area contributed by atoms with E-state index in [2.05, 4.69) is 13.8 Å². The Morgan fingerprint density at radius 2 is 1.55 bits per heavy atom. The lowest BCUT2D eigenvalue weighted by Crippen LogP contribution is -2.01. The zero-order chi connectivity index (χ0) is 14.4. The minimum absolute atomic E-state index is 0.199. The number of carbonyl (C=O) groups excluding carboxylic acids is 1. The molecule has 20 heavy (non-hydrogen) atoms. The van der Waals surface area contributed by atoms with E-state index in [0.29, 0.717) is 12.3 Å². The summed E-state index contributed by atoms with van der Waals surface area (Å²) >= 11 is 0. The quantitative estimate of drug-likeness (QED) is 0.681. The molecular weight excluding hydrogens is 248 g/mol. The summed E-state index contributed by atoms with van der Waals surface area (Å²) < 4.78 is 5.70. The van der Waals surface area contributed by atoms with E-state index in [-0.39, 0.29) is 5.78 Å². The topological polar surface area (TPSA) is 26.3 Å². The van der Waals surface area contributed by atoms with E-state index < -0.39 is 0 Å². The molecule has 0 fully saturated rings. The minimum Gasteiger partial charge on any atom is -0.457 e. The molecule has 0 spiro atoms. The highest BCUT2D eigenvalue weighted by Gasteiger charge is 2.07. The monoisotopic (exact) mass is 268 g/mol. The van der Waals surface area contributed by atoms with Crippen molar-refractivity contribution in [2.45, 2.75) is 26.7 Å². The van der Waals surface area contributed by atoms with Gasteiger partial charge >= 0.3 is 0 Å². The van der Waals surface area contributed by atoms with Gasteiger partial charge in [-0.25, -0.2) is 0 Å². The molecule has 0 N–H and O–H groups in total. The van der Waals surface area contributed by atoms with Gasteiger partial charge in [0.1, 0.15) is 11.5 Å². The van der Waals surface area contributed by atoms with Gasteiger partial charge in [0, 0.05) is 12.0 Å². The second kappa shape index (κ2) is 6.90. The van der Waals surface area contributed by atoms with E-state index in [1.165, 1.54) is 0 Å². The lowest BCUT2D eigenvalue weighted by Gasteiger charge is -2.07. The number of hydrogen-bond donors (Lipinski definition) is 0. The van der Waals surface area contributed by atoms with Crippen LogP contribution in [0.3, 0.4) is 0 Å². The molecule has 0 aliphatic rings. The summed E-state index contributed by atoms with van der Waals surface area (Å²) in [5, 5.41) is 0. The van der Waals surface area contributed by atoms with Crippen molar-refractivity contribution < 1.29 is 9.53 Å². The van der Waals surface area contributed by atoms with Crippen molar-refractivity contribution in [1.82, 2.24) is 0 Å². The molecule has 0 saturated heterocycles. The van der Waals surface area contributed by atoms with Crippen molar-refractivity contribution in [3.8, 4) is 11.5 Å². The Balaban J connectivity index is 1.97. The maximum atomic E-state index is 12.0. The van der Waals surface area contributed by atoms with Crippen LogP contribution < -0.4 is 4.74 Å². The van der Waals surface area contributed by atoms with Crippen molar-refractivity contribution in [3.63, 3.8) is 0 Å². The fourth-order valence-electron chi connectivity index (χ4n) is 1.90.